The van der Waals surface area contributed by atoms with E-state index in [2.05, 4.69) is 25.3 Å². The number of hydrogen-bond acceptors (Lipinski definition) is 4. The number of rotatable bonds is 1. The predicted molar refractivity (Wildman–Crippen MR) is 74.0 cm³/mol. The first-order valence-corrected chi connectivity index (χ1v) is 9.79. The molecule has 2 rings (SSSR count). The van der Waals surface area contributed by atoms with Gasteiger partial charge in [-0.1, -0.05) is 6.92 Å². The summed E-state index contributed by atoms with van der Waals surface area (Å²) in [5.74, 6) is 0. The SMILES string of the molecule is CCN1CCC(C)O[Si]2(C)CCCOCC(C1)O2. The van der Waals surface area contributed by atoms with Crippen molar-refractivity contribution in [1.29, 1.82) is 0 Å². The molecule has 0 aliphatic carbocycles. The number of hydrogen-bond donors (Lipinski definition) is 0. The van der Waals surface area contributed by atoms with E-state index in [4.69, 9.17) is 13.6 Å². The Morgan fingerprint density at radius 3 is 2.94 bits per heavy atom. The zero-order chi connectivity index (χ0) is 13.0. The molecular weight excluding hydrogens is 246 g/mol. The molecule has 3 unspecified atom stereocenters. The number of ether oxygens (including phenoxy) is 1. The third kappa shape index (κ3) is 4.03. The number of nitrogens with zero attached hydrogens (tertiary/aromatic N) is 1. The van der Waals surface area contributed by atoms with Crippen molar-refractivity contribution in [1.82, 2.24) is 4.90 Å². The Morgan fingerprint density at radius 1 is 1.33 bits per heavy atom. The fourth-order valence-corrected chi connectivity index (χ4v) is 5.74. The van der Waals surface area contributed by atoms with Crippen LogP contribution in [-0.2, 0) is 13.6 Å². The third-order valence-corrected chi connectivity index (χ3v) is 6.85. The second kappa shape index (κ2) is 6.48. The van der Waals surface area contributed by atoms with Crippen molar-refractivity contribution in [2.24, 2.45) is 0 Å². The van der Waals surface area contributed by atoms with Crippen molar-refractivity contribution in [3.63, 3.8) is 0 Å². The maximum absolute atomic E-state index is 6.35. The Morgan fingerprint density at radius 2 is 2.17 bits per heavy atom. The highest BCUT2D eigenvalue weighted by Crippen LogP contribution is 2.25. The Bertz CT molecular complexity index is 267. The van der Waals surface area contributed by atoms with Crippen molar-refractivity contribution in [3.05, 3.63) is 0 Å². The largest absolute Gasteiger partial charge is 0.391 e. The van der Waals surface area contributed by atoms with E-state index in [-0.39, 0.29) is 6.10 Å². The van der Waals surface area contributed by atoms with Gasteiger partial charge in [-0.25, -0.2) is 0 Å². The van der Waals surface area contributed by atoms with E-state index in [1.54, 1.807) is 0 Å². The summed E-state index contributed by atoms with van der Waals surface area (Å²) in [6.07, 6.45) is 2.68. The molecule has 0 amide bonds. The van der Waals surface area contributed by atoms with Crippen LogP contribution in [0.3, 0.4) is 0 Å². The average molecular weight is 273 g/mol. The number of fused-ring (bicyclic) bond motifs is 2. The lowest BCUT2D eigenvalue weighted by Gasteiger charge is -2.35. The molecule has 0 aromatic heterocycles. The molecule has 2 bridgehead atoms. The molecule has 18 heavy (non-hydrogen) atoms. The highest BCUT2D eigenvalue weighted by Gasteiger charge is 2.38. The minimum Gasteiger partial charge on any atom is -0.391 e. The molecule has 5 heteroatoms. The Balaban J connectivity index is 2.10. The fourth-order valence-electron chi connectivity index (χ4n) is 2.85. The average Bonchev–Trinajstić information content (AvgIpc) is 2.36. The molecule has 2 aliphatic heterocycles. The second-order valence-corrected chi connectivity index (χ2v) is 8.90. The lowest BCUT2D eigenvalue weighted by molar-refractivity contribution is 0.000913. The second-order valence-electron chi connectivity index (χ2n) is 5.66. The van der Waals surface area contributed by atoms with Crippen LogP contribution in [0.15, 0.2) is 0 Å². The molecule has 0 saturated carbocycles. The van der Waals surface area contributed by atoms with Crippen LogP contribution in [-0.4, -0.2) is 58.5 Å². The smallest absolute Gasteiger partial charge is 0.335 e. The zero-order valence-corrected chi connectivity index (χ0v) is 13.0. The van der Waals surface area contributed by atoms with Crippen molar-refractivity contribution in [2.75, 3.05) is 32.8 Å². The maximum Gasteiger partial charge on any atom is 0.335 e. The van der Waals surface area contributed by atoms with Gasteiger partial charge < -0.3 is 18.5 Å². The first kappa shape index (κ1) is 14.5. The molecule has 0 spiro atoms. The van der Waals surface area contributed by atoms with Gasteiger partial charge in [0.15, 0.2) is 0 Å². The minimum atomic E-state index is -2.00. The van der Waals surface area contributed by atoms with Crippen LogP contribution in [0.5, 0.6) is 0 Å². The molecule has 0 radical (unpaired) electrons. The monoisotopic (exact) mass is 273 g/mol. The van der Waals surface area contributed by atoms with E-state index in [1.807, 2.05) is 0 Å². The van der Waals surface area contributed by atoms with E-state index in [9.17, 15) is 0 Å². The van der Waals surface area contributed by atoms with Crippen molar-refractivity contribution in [2.45, 2.75) is 51.5 Å². The first-order valence-electron chi connectivity index (χ1n) is 7.27. The van der Waals surface area contributed by atoms with E-state index in [0.717, 1.165) is 51.7 Å². The van der Waals surface area contributed by atoms with Crippen LogP contribution in [0.4, 0.5) is 0 Å². The minimum absolute atomic E-state index is 0.187. The van der Waals surface area contributed by atoms with E-state index in [1.165, 1.54) is 0 Å². The molecule has 2 saturated heterocycles. The van der Waals surface area contributed by atoms with Crippen LogP contribution >= 0.6 is 0 Å². The summed E-state index contributed by atoms with van der Waals surface area (Å²) in [4.78, 5) is 2.45. The van der Waals surface area contributed by atoms with Crippen LogP contribution < -0.4 is 0 Å². The van der Waals surface area contributed by atoms with Crippen molar-refractivity contribution < 1.29 is 13.6 Å². The molecule has 0 N–H and O–H groups in total. The van der Waals surface area contributed by atoms with Crippen LogP contribution in [0.2, 0.25) is 12.6 Å². The molecule has 2 fully saturated rings. The van der Waals surface area contributed by atoms with Gasteiger partial charge in [0.1, 0.15) is 0 Å². The number of likely N-dealkylation sites (N-methyl/N-ethyl adjacent to an activating group) is 1. The van der Waals surface area contributed by atoms with Crippen molar-refractivity contribution in [3.8, 4) is 0 Å². The normalized spacial score (nSPS) is 40.2. The van der Waals surface area contributed by atoms with Crippen molar-refractivity contribution >= 4 is 8.56 Å². The molecular formula is C13H27NO3Si. The van der Waals surface area contributed by atoms with Gasteiger partial charge in [0.25, 0.3) is 0 Å². The van der Waals surface area contributed by atoms with Gasteiger partial charge in [-0.15, -0.1) is 0 Å². The molecule has 4 nitrogen and oxygen atoms in total. The van der Waals surface area contributed by atoms with Gasteiger partial charge in [0.2, 0.25) is 0 Å². The lowest BCUT2D eigenvalue weighted by Crippen LogP contribution is -2.48. The Hall–Kier alpha value is 0.0569. The third-order valence-electron chi connectivity index (χ3n) is 3.85. The summed E-state index contributed by atoms with van der Waals surface area (Å²) in [6, 6.07) is 1.06. The lowest BCUT2D eigenvalue weighted by atomic mass is 10.2. The standard InChI is InChI=1S/C13H27NO3Si/c1-4-14-7-6-12(2)16-18(3)9-5-8-15-11-13(10-14)17-18/h12-13H,4-11H2,1-3H3. The van der Waals surface area contributed by atoms with Gasteiger partial charge in [0, 0.05) is 25.8 Å². The Kier molecular flexibility index (Phi) is 5.21. The van der Waals surface area contributed by atoms with E-state index < -0.39 is 8.56 Å². The summed E-state index contributed by atoms with van der Waals surface area (Å²) in [5, 5.41) is 0. The molecule has 2 heterocycles. The first-order chi connectivity index (χ1) is 8.61. The van der Waals surface area contributed by atoms with Gasteiger partial charge in [-0.3, -0.25) is 0 Å². The molecule has 3 atom stereocenters. The summed E-state index contributed by atoms with van der Waals surface area (Å²) in [6.45, 7) is 11.4. The molecule has 0 aromatic carbocycles. The molecule has 0 aromatic rings. The fraction of sp³-hybridized carbons (Fsp3) is 1.00. The van der Waals surface area contributed by atoms with Gasteiger partial charge in [-0.05, 0) is 38.9 Å². The van der Waals surface area contributed by atoms with Crippen LogP contribution in [0.25, 0.3) is 0 Å². The topological polar surface area (TPSA) is 30.9 Å². The maximum atomic E-state index is 6.35. The van der Waals surface area contributed by atoms with Gasteiger partial charge >= 0.3 is 8.56 Å². The van der Waals surface area contributed by atoms with Crippen LogP contribution in [0, 0.1) is 0 Å². The molecule has 2 aliphatic rings. The molecule has 106 valence electrons. The highest BCUT2D eigenvalue weighted by atomic mass is 28.4. The quantitative estimate of drug-likeness (QED) is 0.684. The summed E-state index contributed by atoms with van der Waals surface area (Å²) in [5.41, 5.74) is 0. The van der Waals surface area contributed by atoms with E-state index in [0.29, 0.717) is 6.10 Å². The van der Waals surface area contributed by atoms with Gasteiger partial charge in [-0.2, -0.15) is 0 Å². The predicted octanol–water partition coefficient (Wildman–Crippen LogP) is 1.99. The summed E-state index contributed by atoms with van der Waals surface area (Å²) < 4.78 is 18.3. The van der Waals surface area contributed by atoms with Gasteiger partial charge in [0.05, 0.1) is 12.7 Å². The summed E-state index contributed by atoms with van der Waals surface area (Å²) >= 11 is 0. The zero-order valence-electron chi connectivity index (χ0n) is 12.0. The highest BCUT2D eigenvalue weighted by molar-refractivity contribution is 6.66. The van der Waals surface area contributed by atoms with E-state index >= 15 is 0 Å². The summed E-state index contributed by atoms with van der Waals surface area (Å²) in [7, 11) is -2.00. The van der Waals surface area contributed by atoms with Crippen LogP contribution in [0.1, 0.15) is 26.7 Å². The Labute approximate surface area is 112 Å².